The van der Waals surface area contributed by atoms with Gasteiger partial charge in [0.2, 0.25) is 0 Å². The number of pyridine rings is 1. The van der Waals surface area contributed by atoms with E-state index < -0.39 is 5.41 Å². The largest absolute Gasteiger partial charge is 0.455 e. The lowest BCUT2D eigenvalue weighted by Crippen LogP contribution is -2.28. The molecule has 0 aliphatic heterocycles. The number of anilines is 3. The van der Waals surface area contributed by atoms with Crippen molar-refractivity contribution in [1.82, 2.24) is 4.98 Å². The van der Waals surface area contributed by atoms with E-state index in [4.69, 9.17) is 9.40 Å². The third-order valence-electron chi connectivity index (χ3n) is 16.2. The van der Waals surface area contributed by atoms with Gasteiger partial charge in [0.25, 0.3) is 0 Å². The molecule has 0 spiro atoms. The van der Waals surface area contributed by atoms with Crippen LogP contribution in [0.2, 0.25) is 0 Å². The summed E-state index contributed by atoms with van der Waals surface area (Å²) < 4.78 is 6.48. The number of hydrogen-bond acceptors (Lipinski definition) is 3. The highest BCUT2D eigenvalue weighted by molar-refractivity contribution is 6.09. The maximum atomic E-state index is 6.48. The Hall–Kier alpha value is -10.4. The summed E-state index contributed by atoms with van der Waals surface area (Å²) in [5.41, 5.74) is 24.1. The maximum absolute atomic E-state index is 6.48. The van der Waals surface area contributed by atoms with Crippen molar-refractivity contribution >= 4 is 49.9 Å². The minimum absolute atomic E-state index is 0.449. The molecule has 0 N–H and O–H groups in total. The number of para-hydroxylation sites is 3. The van der Waals surface area contributed by atoms with E-state index in [1.54, 1.807) is 0 Å². The summed E-state index contributed by atoms with van der Waals surface area (Å²) in [5, 5.41) is 3.34. The second-order valence-electron chi connectivity index (χ2n) is 20.6. The molecule has 0 radical (unpaired) electrons. The highest BCUT2D eigenvalue weighted by Gasteiger charge is 2.46. The van der Waals surface area contributed by atoms with Crippen molar-refractivity contribution in [2.24, 2.45) is 0 Å². The van der Waals surface area contributed by atoms with E-state index in [0.717, 1.165) is 94.5 Å². The summed E-state index contributed by atoms with van der Waals surface area (Å²) in [6.45, 7) is 0. The molecule has 15 rings (SSSR count). The Morgan fingerprint density at radius 3 is 1.52 bits per heavy atom. The molecule has 370 valence electrons. The van der Waals surface area contributed by atoms with Gasteiger partial charge < -0.3 is 9.32 Å². The van der Waals surface area contributed by atoms with E-state index in [9.17, 15) is 0 Å². The molecule has 3 heteroatoms. The molecule has 1 aliphatic carbocycles. The lowest BCUT2D eigenvalue weighted by Gasteiger charge is -2.33. The van der Waals surface area contributed by atoms with E-state index in [-0.39, 0.29) is 0 Å². The van der Waals surface area contributed by atoms with E-state index in [0.29, 0.717) is 0 Å². The number of aromatic nitrogens is 1. The van der Waals surface area contributed by atoms with Gasteiger partial charge in [-0.2, -0.15) is 0 Å². The Balaban J connectivity index is 0.815. The molecule has 0 saturated carbocycles. The first kappa shape index (κ1) is 46.0. The summed E-state index contributed by atoms with van der Waals surface area (Å²) in [5.74, 6) is 0. The van der Waals surface area contributed by atoms with Crippen molar-refractivity contribution in [3.63, 3.8) is 0 Å². The highest BCUT2D eigenvalue weighted by Crippen LogP contribution is 2.57. The molecule has 1 aliphatic rings. The van der Waals surface area contributed by atoms with E-state index >= 15 is 0 Å². The number of nitrogens with zero attached hydrogens (tertiary/aromatic N) is 2. The highest BCUT2D eigenvalue weighted by atomic mass is 16.3. The molecule has 0 bridgehead atoms. The minimum atomic E-state index is -0.449. The fourth-order valence-electron chi connectivity index (χ4n) is 12.5. The molecule has 12 aromatic carbocycles. The molecule has 0 fully saturated rings. The maximum Gasteiger partial charge on any atom is 0.143 e. The smallest absolute Gasteiger partial charge is 0.143 e. The van der Waals surface area contributed by atoms with Crippen molar-refractivity contribution in [2.45, 2.75) is 5.41 Å². The van der Waals surface area contributed by atoms with E-state index in [2.05, 4.69) is 296 Å². The Kier molecular flexibility index (Phi) is 11.1. The van der Waals surface area contributed by atoms with Crippen LogP contribution >= 0.6 is 0 Å². The molecule has 2 aromatic heterocycles. The van der Waals surface area contributed by atoms with Crippen molar-refractivity contribution in [1.29, 1.82) is 0 Å². The average Bonchev–Trinajstić information content (AvgIpc) is 3.47. The van der Waals surface area contributed by atoms with Crippen LogP contribution in [0, 0.1) is 0 Å². The summed E-state index contributed by atoms with van der Waals surface area (Å²) in [6.07, 6.45) is 0. The van der Waals surface area contributed by atoms with Crippen LogP contribution in [0.3, 0.4) is 0 Å². The third kappa shape index (κ3) is 7.78. The standard InChI is InChI=1S/C76H50N2O/c1-4-18-51(19-5-1)52-34-41-61(42-35-52)78(62-43-36-53(37-44-62)64-29-17-30-67-66-28-12-15-33-73(66)79-75(64)67)63-45-38-54(39-46-63)68-50-57-20-10-14-32-72(57)77-74(68)58-22-16-21-55(48-58)56-40-47-71-69(49-56)65-27-11-13-31-70(65)76(71,59-23-6-2-7-24-59)60-25-8-3-9-26-60/h1-50H. The van der Waals surface area contributed by atoms with Crippen LogP contribution in [0.25, 0.3) is 99.7 Å². The Labute approximate surface area is 459 Å². The first-order valence-electron chi connectivity index (χ1n) is 27.1. The zero-order valence-corrected chi connectivity index (χ0v) is 43.2. The quantitative estimate of drug-likeness (QED) is 0.137. The van der Waals surface area contributed by atoms with Gasteiger partial charge in [-0.15, -0.1) is 0 Å². The topological polar surface area (TPSA) is 29.3 Å². The molecular formula is C76H50N2O. The predicted molar refractivity (Wildman–Crippen MR) is 328 cm³/mol. The van der Waals surface area contributed by atoms with Gasteiger partial charge in [0.05, 0.1) is 16.6 Å². The minimum Gasteiger partial charge on any atom is -0.455 e. The zero-order valence-electron chi connectivity index (χ0n) is 43.2. The van der Waals surface area contributed by atoms with Gasteiger partial charge in [0.15, 0.2) is 0 Å². The summed E-state index contributed by atoms with van der Waals surface area (Å²) in [7, 11) is 0. The average molecular weight is 1010 g/mol. The SMILES string of the molecule is c1ccc(-c2ccc(N(c3ccc(-c4cc5ccccc5nc4-c4cccc(-c5ccc6c(c5)-c5ccccc5C6(c5ccccc5)c5ccccc5)c4)cc3)c3ccc(-c4cccc5c4oc4ccccc45)cc3)cc2)cc1. The molecule has 79 heavy (non-hydrogen) atoms. The van der Waals surface area contributed by atoms with Gasteiger partial charge >= 0.3 is 0 Å². The van der Waals surface area contributed by atoms with Gasteiger partial charge in [-0.3, -0.25) is 0 Å². The van der Waals surface area contributed by atoms with Crippen LogP contribution < -0.4 is 4.90 Å². The predicted octanol–water partition coefficient (Wildman–Crippen LogP) is 20.3. The van der Waals surface area contributed by atoms with Crippen LogP contribution in [0.1, 0.15) is 22.3 Å². The van der Waals surface area contributed by atoms with Crippen LogP contribution in [-0.4, -0.2) is 4.98 Å². The van der Waals surface area contributed by atoms with Crippen LogP contribution in [0.15, 0.2) is 308 Å². The van der Waals surface area contributed by atoms with E-state index in [1.807, 2.05) is 12.1 Å². The summed E-state index contributed by atoms with van der Waals surface area (Å²) in [6, 6.07) is 110. The number of hydrogen-bond donors (Lipinski definition) is 0. The Morgan fingerprint density at radius 2 is 0.797 bits per heavy atom. The molecule has 0 atom stereocenters. The number of rotatable bonds is 10. The Morgan fingerprint density at radius 1 is 0.304 bits per heavy atom. The second-order valence-corrected chi connectivity index (χ2v) is 20.6. The van der Waals surface area contributed by atoms with Gasteiger partial charge in [-0.05, 0) is 133 Å². The first-order valence-corrected chi connectivity index (χ1v) is 27.1. The number of benzene rings is 12. The zero-order chi connectivity index (χ0) is 52.3. The lowest BCUT2D eigenvalue weighted by molar-refractivity contribution is 0.670. The third-order valence-corrected chi connectivity index (χ3v) is 16.2. The monoisotopic (exact) mass is 1010 g/mol. The normalized spacial score (nSPS) is 12.4. The van der Waals surface area contributed by atoms with Crippen LogP contribution in [0.5, 0.6) is 0 Å². The van der Waals surface area contributed by atoms with Crippen molar-refractivity contribution < 1.29 is 4.42 Å². The van der Waals surface area contributed by atoms with Crippen molar-refractivity contribution in [3.05, 3.63) is 326 Å². The molecule has 0 saturated heterocycles. The van der Waals surface area contributed by atoms with Gasteiger partial charge in [-0.1, -0.05) is 237 Å². The van der Waals surface area contributed by atoms with Crippen molar-refractivity contribution in [3.8, 4) is 66.9 Å². The number of furan rings is 1. The fraction of sp³-hybridized carbons (Fsp3) is 0.0132. The molecular weight excluding hydrogens is 957 g/mol. The first-order chi connectivity index (χ1) is 39.2. The van der Waals surface area contributed by atoms with Gasteiger partial charge in [0.1, 0.15) is 11.2 Å². The van der Waals surface area contributed by atoms with E-state index in [1.165, 1.54) is 44.5 Å². The van der Waals surface area contributed by atoms with Crippen LogP contribution in [0.4, 0.5) is 17.1 Å². The molecule has 14 aromatic rings. The lowest BCUT2D eigenvalue weighted by atomic mass is 9.67. The summed E-state index contributed by atoms with van der Waals surface area (Å²) in [4.78, 5) is 7.80. The van der Waals surface area contributed by atoms with Crippen LogP contribution in [-0.2, 0) is 5.41 Å². The van der Waals surface area contributed by atoms with Crippen molar-refractivity contribution in [2.75, 3.05) is 4.90 Å². The second kappa shape index (κ2) is 19.0. The number of fused-ring (bicyclic) bond motifs is 7. The Bertz CT molecular complexity index is 4520. The fourth-order valence-corrected chi connectivity index (χ4v) is 12.5. The van der Waals surface area contributed by atoms with Gasteiger partial charge in [0, 0.05) is 49.9 Å². The molecule has 0 amide bonds. The summed E-state index contributed by atoms with van der Waals surface area (Å²) >= 11 is 0. The molecule has 3 nitrogen and oxygen atoms in total. The molecule has 2 heterocycles. The van der Waals surface area contributed by atoms with Gasteiger partial charge in [-0.25, -0.2) is 4.98 Å². The molecule has 0 unspecified atom stereocenters.